The largest absolute Gasteiger partial charge is 0.411 e. The molecule has 0 aromatic carbocycles. The van der Waals surface area contributed by atoms with Crippen molar-refractivity contribution in [2.75, 3.05) is 33.0 Å². The van der Waals surface area contributed by atoms with Crippen LogP contribution in [0.1, 0.15) is 25.7 Å². The van der Waals surface area contributed by atoms with Crippen LogP contribution in [0.2, 0.25) is 0 Å². The molecule has 0 bridgehead atoms. The van der Waals surface area contributed by atoms with Gasteiger partial charge in [-0.1, -0.05) is 0 Å². The second-order valence-electron chi connectivity index (χ2n) is 5.59. The molecule has 2 aliphatic heterocycles. The van der Waals surface area contributed by atoms with Gasteiger partial charge in [-0.3, -0.25) is 0 Å². The van der Waals surface area contributed by atoms with E-state index in [4.69, 9.17) is 9.47 Å². The second kappa shape index (κ2) is 6.60. The minimum absolute atomic E-state index is 0.0740. The predicted molar refractivity (Wildman–Crippen MR) is 64.3 cm³/mol. The molecule has 0 amide bonds. The summed E-state index contributed by atoms with van der Waals surface area (Å²) in [6, 6.07) is 0. The normalized spacial score (nSPS) is 28.5. The molecule has 1 spiro atoms. The van der Waals surface area contributed by atoms with Crippen LogP contribution in [0.25, 0.3) is 0 Å². The van der Waals surface area contributed by atoms with Crippen LogP contribution in [0.3, 0.4) is 0 Å². The smallest absolute Gasteiger partial charge is 0.390 e. The lowest BCUT2D eigenvalue weighted by Crippen LogP contribution is -2.47. The lowest BCUT2D eigenvalue weighted by Gasteiger charge is -2.44. The lowest BCUT2D eigenvalue weighted by atomic mass is 9.79. The van der Waals surface area contributed by atoms with E-state index in [-0.39, 0.29) is 18.1 Å². The predicted octanol–water partition coefficient (Wildman–Crippen LogP) is 1.90. The third-order valence-corrected chi connectivity index (χ3v) is 4.03. The molecular weight excluding hydrogens is 277 g/mol. The summed E-state index contributed by atoms with van der Waals surface area (Å²) in [4.78, 5) is 0. The van der Waals surface area contributed by atoms with Gasteiger partial charge in [0.25, 0.3) is 0 Å². The van der Waals surface area contributed by atoms with Crippen molar-refractivity contribution in [1.29, 1.82) is 0 Å². The zero-order chi connectivity index (χ0) is 14.6. The third-order valence-electron chi connectivity index (χ3n) is 4.03. The topological polar surface area (TPSA) is 47.9 Å². The van der Waals surface area contributed by atoms with Gasteiger partial charge in [0.2, 0.25) is 0 Å². The van der Waals surface area contributed by atoms with Crippen LogP contribution in [0.15, 0.2) is 0 Å². The third kappa shape index (κ3) is 4.58. The van der Waals surface area contributed by atoms with Gasteiger partial charge in [-0.25, -0.2) is 0 Å². The number of rotatable bonds is 4. The Bertz CT molecular complexity index is 297. The summed E-state index contributed by atoms with van der Waals surface area (Å²) in [5.41, 5.74) is -0.272. The van der Waals surface area contributed by atoms with Crippen molar-refractivity contribution in [3.8, 4) is 0 Å². The molecule has 2 heterocycles. The Morgan fingerprint density at radius 1 is 1.25 bits per heavy atom. The molecule has 0 saturated carbocycles. The highest BCUT2D eigenvalue weighted by molar-refractivity contribution is 4.91. The average molecular weight is 298 g/mol. The number of hydrogen-bond donors (Lipinski definition) is 1. The molecule has 0 radical (unpaired) electrons. The summed E-state index contributed by atoms with van der Waals surface area (Å²) in [5.74, 6) is -0.0740. The summed E-state index contributed by atoms with van der Waals surface area (Å²) < 4.78 is 51.7. The maximum absolute atomic E-state index is 12.0. The van der Waals surface area contributed by atoms with Crippen molar-refractivity contribution < 1.29 is 32.5 Å². The van der Waals surface area contributed by atoms with Crippen LogP contribution in [0.5, 0.6) is 0 Å². The molecule has 2 atom stereocenters. The first-order chi connectivity index (χ1) is 9.40. The summed E-state index contributed by atoms with van der Waals surface area (Å²) in [5, 5.41) is 10.0. The summed E-state index contributed by atoms with van der Waals surface area (Å²) in [6.45, 7) is 0.199. The van der Waals surface area contributed by atoms with Gasteiger partial charge in [-0.05, 0) is 31.6 Å². The fourth-order valence-electron chi connectivity index (χ4n) is 2.92. The molecule has 1 N–H and O–H groups in total. The zero-order valence-corrected chi connectivity index (χ0v) is 11.3. The molecule has 7 heteroatoms. The highest BCUT2D eigenvalue weighted by atomic mass is 19.4. The van der Waals surface area contributed by atoms with Crippen LogP contribution in [-0.2, 0) is 14.2 Å². The molecule has 2 rings (SSSR count). The first-order valence-corrected chi connectivity index (χ1v) is 6.94. The first kappa shape index (κ1) is 16.0. The van der Waals surface area contributed by atoms with Crippen molar-refractivity contribution in [3.05, 3.63) is 0 Å². The Morgan fingerprint density at radius 2 is 1.95 bits per heavy atom. The lowest BCUT2D eigenvalue weighted by molar-refractivity contribution is -0.189. The number of ether oxygens (including phenoxy) is 3. The van der Waals surface area contributed by atoms with Crippen molar-refractivity contribution in [2.24, 2.45) is 5.92 Å². The van der Waals surface area contributed by atoms with Crippen LogP contribution < -0.4 is 0 Å². The second-order valence-corrected chi connectivity index (χ2v) is 5.59. The highest BCUT2D eigenvalue weighted by Crippen LogP contribution is 2.38. The van der Waals surface area contributed by atoms with Crippen LogP contribution >= 0.6 is 0 Å². The maximum atomic E-state index is 12.0. The van der Waals surface area contributed by atoms with E-state index in [0.29, 0.717) is 32.7 Å². The Labute approximate surface area is 116 Å². The van der Waals surface area contributed by atoms with E-state index in [0.717, 1.165) is 12.8 Å². The molecule has 2 fully saturated rings. The van der Waals surface area contributed by atoms with Gasteiger partial charge in [0.05, 0.1) is 18.3 Å². The monoisotopic (exact) mass is 298 g/mol. The van der Waals surface area contributed by atoms with Crippen LogP contribution in [0.4, 0.5) is 13.2 Å². The Balaban J connectivity index is 1.79. The Hall–Kier alpha value is -0.370. The van der Waals surface area contributed by atoms with Crippen LogP contribution in [-0.4, -0.2) is 56.0 Å². The Kier molecular flexibility index (Phi) is 5.28. The van der Waals surface area contributed by atoms with Crippen LogP contribution in [0, 0.1) is 5.92 Å². The molecule has 0 aliphatic carbocycles. The minimum Gasteiger partial charge on any atom is -0.390 e. The van der Waals surface area contributed by atoms with E-state index in [1.54, 1.807) is 0 Å². The van der Waals surface area contributed by atoms with E-state index in [2.05, 4.69) is 4.74 Å². The highest BCUT2D eigenvalue weighted by Gasteiger charge is 2.41. The number of alkyl halides is 3. The average Bonchev–Trinajstić information content (AvgIpc) is 2.38. The molecule has 4 nitrogen and oxygen atoms in total. The molecular formula is C13H21F3O4. The van der Waals surface area contributed by atoms with Gasteiger partial charge in [0.1, 0.15) is 6.61 Å². The number of halogens is 3. The summed E-state index contributed by atoms with van der Waals surface area (Å²) >= 11 is 0. The van der Waals surface area contributed by atoms with E-state index in [9.17, 15) is 18.3 Å². The molecule has 0 aromatic heterocycles. The van der Waals surface area contributed by atoms with Gasteiger partial charge in [0, 0.05) is 19.8 Å². The fourth-order valence-corrected chi connectivity index (χ4v) is 2.92. The number of aliphatic hydroxyl groups is 1. The van der Waals surface area contributed by atoms with Crippen molar-refractivity contribution in [2.45, 2.75) is 43.6 Å². The summed E-state index contributed by atoms with van der Waals surface area (Å²) in [6.07, 6.45) is -2.36. The van der Waals surface area contributed by atoms with Gasteiger partial charge in [0.15, 0.2) is 0 Å². The maximum Gasteiger partial charge on any atom is 0.411 e. The quantitative estimate of drug-likeness (QED) is 0.861. The first-order valence-electron chi connectivity index (χ1n) is 6.94. The molecule has 0 aromatic rings. The van der Waals surface area contributed by atoms with Crippen molar-refractivity contribution >= 4 is 0 Å². The molecule has 118 valence electrons. The van der Waals surface area contributed by atoms with E-state index < -0.39 is 18.9 Å². The van der Waals surface area contributed by atoms with Crippen molar-refractivity contribution in [1.82, 2.24) is 0 Å². The SMILES string of the molecule is OC(COCC(F)(F)F)C1CCOC2(CCOCC2)C1. The molecule has 2 aliphatic rings. The Morgan fingerprint density at radius 3 is 2.60 bits per heavy atom. The van der Waals surface area contributed by atoms with E-state index in [1.807, 2.05) is 0 Å². The van der Waals surface area contributed by atoms with Gasteiger partial charge >= 0.3 is 6.18 Å². The molecule has 20 heavy (non-hydrogen) atoms. The van der Waals surface area contributed by atoms with E-state index >= 15 is 0 Å². The summed E-state index contributed by atoms with van der Waals surface area (Å²) in [7, 11) is 0. The van der Waals surface area contributed by atoms with Gasteiger partial charge < -0.3 is 19.3 Å². The fraction of sp³-hybridized carbons (Fsp3) is 1.00. The zero-order valence-electron chi connectivity index (χ0n) is 11.3. The number of aliphatic hydroxyl groups excluding tert-OH is 1. The van der Waals surface area contributed by atoms with E-state index in [1.165, 1.54) is 0 Å². The standard InChI is InChI=1S/C13H21F3O4/c14-13(15,16)9-19-8-11(17)10-1-4-20-12(7-10)2-5-18-6-3-12/h10-11,17H,1-9H2. The minimum atomic E-state index is -4.35. The van der Waals surface area contributed by atoms with Gasteiger partial charge in [-0.2, -0.15) is 13.2 Å². The van der Waals surface area contributed by atoms with Gasteiger partial charge in [-0.15, -0.1) is 0 Å². The number of hydrogen-bond acceptors (Lipinski definition) is 4. The van der Waals surface area contributed by atoms with Crippen molar-refractivity contribution in [3.63, 3.8) is 0 Å². The molecule has 2 unspecified atom stereocenters. The molecule has 2 saturated heterocycles.